The topological polar surface area (TPSA) is 99.2 Å². The van der Waals surface area contributed by atoms with E-state index in [1.165, 1.54) is 0 Å². The van der Waals surface area contributed by atoms with E-state index in [0.29, 0.717) is 13.2 Å². The number of hydrogen-bond donors (Lipinski definition) is 2. The van der Waals surface area contributed by atoms with Crippen molar-refractivity contribution >= 4 is 27.7 Å². The number of amides is 2. The maximum atomic E-state index is 11.9. The summed E-state index contributed by atoms with van der Waals surface area (Å²) in [6, 6.07) is 9.56. The molecule has 2 amide bonds. The Morgan fingerprint density at radius 1 is 1.39 bits per heavy atom. The van der Waals surface area contributed by atoms with Gasteiger partial charge < -0.3 is 15.8 Å². The molecular formula is C15H15BrN4O3. The molecule has 0 bridgehead atoms. The molecule has 3 rings (SSSR count). The zero-order valence-electron chi connectivity index (χ0n) is 12.2. The van der Waals surface area contributed by atoms with Crippen LogP contribution in [-0.4, -0.2) is 28.1 Å². The van der Waals surface area contributed by atoms with Gasteiger partial charge in [0.05, 0.1) is 25.4 Å². The fourth-order valence-corrected chi connectivity index (χ4v) is 2.64. The van der Waals surface area contributed by atoms with Gasteiger partial charge in [0.1, 0.15) is 6.10 Å². The van der Waals surface area contributed by atoms with E-state index in [1.807, 2.05) is 24.3 Å². The molecule has 0 fully saturated rings. The number of rotatable bonds is 4. The fourth-order valence-electron chi connectivity index (χ4n) is 2.37. The van der Waals surface area contributed by atoms with Crippen molar-refractivity contribution in [1.29, 1.82) is 0 Å². The highest BCUT2D eigenvalue weighted by Gasteiger charge is 2.24. The first-order valence-electron chi connectivity index (χ1n) is 7.03. The molecule has 0 aliphatic carbocycles. The van der Waals surface area contributed by atoms with E-state index >= 15 is 0 Å². The van der Waals surface area contributed by atoms with Gasteiger partial charge in [0.25, 0.3) is 5.91 Å². The molecule has 1 aromatic heterocycles. The molecule has 120 valence electrons. The van der Waals surface area contributed by atoms with Gasteiger partial charge in [-0.1, -0.05) is 28.1 Å². The Morgan fingerprint density at radius 2 is 2.13 bits per heavy atom. The van der Waals surface area contributed by atoms with Crippen LogP contribution in [0.2, 0.25) is 0 Å². The van der Waals surface area contributed by atoms with E-state index in [-0.39, 0.29) is 18.3 Å². The van der Waals surface area contributed by atoms with Gasteiger partial charge >= 0.3 is 0 Å². The Balaban J connectivity index is 1.72. The predicted octanol–water partition coefficient (Wildman–Crippen LogP) is 1.13. The maximum absolute atomic E-state index is 11.9. The normalized spacial score (nSPS) is 16.7. The fraction of sp³-hybridized carbons (Fsp3) is 0.267. The monoisotopic (exact) mass is 378 g/mol. The van der Waals surface area contributed by atoms with E-state index < -0.39 is 11.8 Å². The molecule has 1 atom stereocenters. The average Bonchev–Trinajstić information content (AvgIpc) is 2.96. The van der Waals surface area contributed by atoms with Crippen molar-refractivity contribution in [1.82, 2.24) is 15.1 Å². The summed E-state index contributed by atoms with van der Waals surface area (Å²) in [6.07, 6.45) is -0.114. The van der Waals surface area contributed by atoms with E-state index in [1.54, 1.807) is 10.7 Å². The highest BCUT2D eigenvalue weighted by atomic mass is 79.9. The predicted molar refractivity (Wildman–Crippen MR) is 85.4 cm³/mol. The van der Waals surface area contributed by atoms with Crippen molar-refractivity contribution in [2.24, 2.45) is 5.73 Å². The first-order valence-corrected chi connectivity index (χ1v) is 7.82. The van der Waals surface area contributed by atoms with E-state index in [4.69, 9.17) is 10.5 Å². The number of nitrogens with one attached hydrogen (secondary N) is 1. The molecule has 7 nitrogen and oxygen atoms in total. The Kier molecular flexibility index (Phi) is 4.44. The number of fused-ring (bicyclic) bond motifs is 1. The van der Waals surface area contributed by atoms with Crippen LogP contribution in [0.5, 0.6) is 0 Å². The summed E-state index contributed by atoms with van der Waals surface area (Å²) >= 11 is 3.40. The van der Waals surface area contributed by atoms with Crippen LogP contribution in [0.3, 0.4) is 0 Å². The summed E-state index contributed by atoms with van der Waals surface area (Å²) in [5.74, 6) is -1.02. The minimum absolute atomic E-state index is 0.114. The molecular weight excluding hydrogens is 364 g/mol. The summed E-state index contributed by atoms with van der Waals surface area (Å²) in [7, 11) is 0. The number of hydrogen-bond acceptors (Lipinski definition) is 4. The van der Waals surface area contributed by atoms with Crippen LogP contribution in [-0.2, 0) is 22.7 Å². The zero-order valence-corrected chi connectivity index (χ0v) is 13.7. The number of primary amides is 1. The number of aromatic nitrogens is 2. The van der Waals surface area contributed by atoms with Crippen LogP contribution < -0.4 is 11.1 Å². The third-order valence-electron chi connectivity index (χ3n) is 3.53. The Hall–Kier alpha value is -2.19. The summed E-state index contributed by atoms with van der Waals surface area (Å²) in [5.41, 5.74) is 7.13. The van der Waals surface area contributed by atoms with Crippen LogP contribution in [0.4, 0.5) is 0 Å². The van der Waals surface area contributed by atoms with Crippen molar-refractivity contribution in [3.05, 3.63) is 51.8 Å². The highest BCUT2D eigenvalue weighted by molar-refractivity contribution is 9.10. The summed E-state index contributed by atoms with van der Waals surface area (Å²) in [4.78, 5) is 22.6. The van der Waals surface area contributed by atoms with Gasteiger partial charge in [-0.2, -0.15) is 5.10 Å². The van der Waals surface area contributed by atoms with E-state index in [9.17, 15) is 9.59 Å². The van der Waals surface area contributed by atoms with Crippen molar-refractivity contribution in [2.75, 3.05) is 6.54 Å². The lowest BCUT2D eigenvalue weighted by atomic mass is 10.1. The molecule has 1 aromatic carbocycles. The lowest BCUT2D eigenvalue weighted by molar-refractivity contribution is -0.117. The Labute approximate surface area is 140 Å². The molecule has 1 aliphatic rings. The lowest BCUT2D eigenvalue weighted by Crippen LogP contribution is -2.33. The average molecular weight is 379 g/mol. The molecule has 8 heteroatoms. The van der Waals surface area contributed by atoms with Gasteiger partial charge in [-0.15, -0.1) is 0 Å². The second kappa shape index (κ2) is 6.51. The smallest absolute Gasteiger partial charge is 0.272 e. The van der Waals surface area contributed by atoms with Crippen LogP contribution in [0.15, 0.2) is 34.8 Å². The standard InChI is InChI=1S/C15H15BrN4O3/c16-10-3-1-9(2-4-10)13-7-20-11(8-23-13)5-12(19-20)15(22)18-6-14(17)21/h1-5,13H,6-8H2,(H2,17,21)(H,18,22)/t13-/m1/s1. The van der Waals surface area contributed by atoms with Crippen LogP contribution in [0.25, 0.3) is 0 Å². The van der Waals surface area contributed by atoms with Crippen LogP contribution in [0, 0.1) is 0 Å². The molecule has 2 heterocycles. The quantitative estimate of drug-likeness (QED) is 0.832. The SMILES string of the molecule is NC(=O)CNC(=O)c1cc2n(n1)C[C@H](c1ccc(Br)cc1)OC2. The van der Waals surface area contributed by atoms with Gasteiger partial charge in [0.2, 0.25) is 5.91 Å². The second-order valence-electron chi connectivity index (χ2n) is 5.20. The summed E-state index contributed by atoms with van der Waals surface area (Å²) in [6.45, 7) is 0.690. The van der Waals surface area contributed by atoms with E-state index in [0.717, 1.165) is 15.7 Å². The molecule has 0 saturated heterocycles. The third kappa shape index (κ3) is 3.59. The highest BCUT2D eigenvalue weighted by Crippen LogP contribution is 2.27. The maximum Gasteiger partial charge on any atom is 0.272 e. The number of carbonyl (C=O) groups is 2. The molecule has 1 aliphatic heterocycles. The number of nitrogens with zero attached hydrogens (tertiary/aromatic N) is 2. The molecule has 0 spiro atoms. The number of carbonyl (C=O) groups excluding carboxylic acids is 2. The number of halogens is 1. The molecule has 23 heavy (non-hydrogen) atoms. The molecule has 0 unspecified atom stereocenters. The van der Waals surface area contributed by atoms with Gasteiger partial charge in [-0.25, -0.2) is 0 Å². The Bertz CT molecular complexity index is 742. The number of benzene rings is 1. The zero-order chi connectivity index (χ0) is 16.4. The first-order chi connectivity index (χ1) is 11.0. The molecule has 0 radical (unpaired) electrons. The molecule has 2 aromatic rings. The molecule has 0 saturated carbocycles. The van der Waals surface area contributed by atoms with Gasteiger partial charge in [0.15, 0.2) is 5.69 Å². The minimum Gasteiger partial charge on any atom is -0.368 e. The van der Waals surface area contributed by atoms with Crippen molar-refractivity contribution in [3.8, 4) is 0 Å². The Morgan fingerprint density at radius 3 is 2.83 bits per heavy atom. The number of nitrogens with two attached hydrogens (primary N) is 1. The summed E-state index contributed by atoms with van der Waals surface area (Å²) < 4.78 is 8.60. The first kappa shape index (κ1) is 15.7. The summed E-state index contributed by atoms with van der Waals surface area (Å²) in [5, 5.41) is 6.71. The van der Waals surface area contributed by atoms with Crippen molar-refractivity contribution in [3.63, 3.8) is 0 Å². The van der Waals surface area contributed by atoms with Gasteiger partial charge in [0, 0.05) is 4.47 Å². The second-order valence-corrected chi connectivity index (χ2v) is 6.12. The minimum atomic E-state index is -0.596. The van der Waals surface area contributed by atoms with Crippen molar-refractivity contribution < 1.29 is 14.3 Å². The van der Waals surface area contributed by atoms with Crippen LogP contribution in [0.1, 0.15) is 27.8 Å². The van der Waals surface area contributed by atoms with Gasteiger partial charge in [-0.05, 0) is 23.8 Å². The molecule has 3 N–H and O–H groups in total. The van der Waals surface area contributed by atoms with E-state index in [2.05, 4.69) is 26.3 Å². The lowest BCUT2D eigenvalue weighted by Gasteiger charge is -2.24. The van der Waals surface area contributed by atoms with Crippen molar-refractivity contribution in [2.45, 2.75) is 19.3 Å². The third-order valence-corrected chi connectivity index (χ3v) is 4.06. The number of ether oxygens (including phenoxy) is 1. The van der Waals surface area contributed by atoms with Gasteiger partial charge in [-0.3, -0.25) is 14.3 Å². The largest absolute Gasteiger partial charge is 0.368 e. The van der Waals surface area contributed by atoms with Crippen LogP contribution >= 0.6 is 15.9 Å².